The lowest BCUT2D eigenvalue weighted by atomic mass is 10.1. The van der Waals surface area contributed by atoms with E-state index in [1.54, 1.807) is 0 Å². The Bertz CT molecular complexity index is 280. The summed E-state index contributed by atoms with van der Waals surface area (Å²) < 4.78 is 0. The second-order valence-electron chi connectivity index (χ2n) is 4.49. The summed E-state index contributed by atoms with van der Waals surface area (Å²) in [6.45, 7) is 3.17. The van der Waals surface area contributed by atoms with Crippen LogP contribution in [0.2, 0.25) is 0 Å². The number of nitrogens with one attached hydrogen (secondary N) is 1. The van der Waals surface area contributed by atoms with Gasteiger partial charge < -0.3 is 5.32 Å². The van der Waals surface area contributed by atoms with Gasteiger partial charge in [0.15, 0.2) is 0 Å². The first-order chi connectivity index (χ1) is 7.38. The van der Waals surface area contributed by atoms with Crippen LogP contribution in [0.3, 0.4) is 0 Å². The lowest BCUT2D eigenvalue weighted by Crippen LogP contribution is -2.28. The fraction of sp³-hybridized carbons (Fsp3) is 0.615. The summed E-state index contributed by atoms with van der Waals surface area (Å²) in [5.41, 5.74) is 1.15. The van der Waals surface area contributed by atoms with Crippen molar-refractivity contribution in [2.75, 3.05) is 0 Å². The summed E-state index contributed by atoms with van der Waals surface area (Å²) >= 11 is 0. The number of hydrogen-bond acceptors (Lipinski definition) is 2. The molecule has 1 unspecified atom stereocenters. The molecule has 1 heterocycles. The Morgan fingerprint density at radius 2 is 2.33 bits per heavy atom. The zero-order valence-corrected chi connectivity index (χ0v) is 9.45. The average Bonchev–Trinajstić information content (AvgIpc) is 3.09. The van der Waals surface area contributed by atoms with Crippen LogP contribution in [0, 0.1) is 5.92 Å². The van der Waals surface area contributed by atoms with Crippen LogP contribution in [0.25, 0.3) is 0 Å². The van der Waals surface area contributed by atoms with Gasteiger partial charge in [0.05, 0.1) is 5.69 Å². The highest BCUT2D eigenvalue weighted by atomic mass is 14.9. The highest BCUT2D eigenvalue weighted by Gasteiger charge is 2.24. The van der Waals surface area contributed by atoms with E-state index < -0.39 is 0 Å². The van der Waals surface area contributed by atoms with Gasteiger partial charge in [-0.25, -0.2) is 0 Å². The lowest BCUT2D eigenvalue weighted by Gasteiger charge is -2.16. The Kier molecular flexibility index (Phi) is 3.73. The topological polar surface area (TPSA) is 24.9 Å². The molecule has 2 nitrogen and oxygen atoms in total. The smallest absolute Gasteiger partial charge is 0.0541 e. The van der Waals surface area contributed by atoms with Gasteiger partial charge in [0.25, 0.3) is 0 Å². The third kappa shape index (κ3) is 3.63. The van der Waals surface area contributed by atoms with Gasteiger partial charge in [-0.1, -0.05) is 25.8 Å². The van der Waals surface area contributed by atoms with E-state index in [2.05, 4.69) is 23.3 Å². The largest absolute Gasteiger partial charge is 0.308 e. The lowest BCUT2D eigenvalue weighted by molar-refractivity contribution is 0.442. The van der Waals surface area contributed by atoms with Gasteiger partial charge in [-0.3, -0.25) is 4.98 Å². The van der Waals surface area contributed by atoms with E-state index in [4.69, 9.17) is 0 Å². The zero-order chi connectivity index (χ0) is 10.5. The Morgan fingerprint density at radius 1 is 1.47 bits per heavy atom. The van der Waals surface area contributed by atoms with Gasteiger partial charge >= 0.3 is 0 Å². The van der Waals surface area contributed by atoms with Crippen molar-refractivity contribution < 1.29 is 0 Å². The van der Waals surface area contributed by atoms with E-state index in [9.17, 15) is 0 Å². The molecule has 0 aliphatic heterocycles. The number of rotatable bonds is 6. The van der Waals surface area contributed by atoms with Gasteiger partial charge in [-0.15, -0.1) is 0 Å². The molecule has 1 atom stereocenters. The Hall–Kier alpha value is -0.890. The van der Waals surface area contributed by atoms with Gasteiger partial charge in [-0.05, 0) is 30.9 Å². The third-order valence-electron chi connectivity index (χ3n) is 3.11. The van der Waals surface area contributed by atoms with E-state index in [0.717, 1.165) is 18.2 Å². The summed E-state index contributed by atoms with van der Waals surface area (Å²) in [4.78, 5) is 4.32. The summed E-state index contributed by atoms with van der Waals surface area (Å²) in [5.74, 6) is 1.01. The molecule has 1 aromatic rings. The molecule has 1 N–H and O–H groups in total. The molecule has 0 radical (unpaired) electrons. The molecule has 1 fully saturated rings. The van der Waals surface area contributed by atoms with Crippen LogP contribution in [0.5, 0.6) is 0 Å². The van der Waals surface area contributed by atoms with Gasteiger partial charge in [-0.2, -0.15) is 0 Å². The minimum Gasteiger partial charge on any atom is -0.308 e. The molecule has 1 aromatic heterocycles. The minimum atomic E-state index is 0.680. The molecule has 0 amide bonds. The van der Waals surface area contributed by atoms with Crippen molar-refractivity contribution >= 4 is 0 Å². The van der Waals surface area contributed by atoms with E-state index in [1.807, 2.05) is 18.3 Å². The van der Waals surface area contributed by atoms with E-state index in [-0.39, 0.29) is 0 Å². The van der Waals surface area contributed by atoms with Crippen LogP contribution < -0.4 is 5.32 Å². The van der Waals surface area contributed by atoms with Gasteiger partial charge in [0.1, 0.15) is 0 Å². The molecule has 0 bridgehead atoms. The highest BCUT2D eigenvalue weighted by molar-refractivity contribution is 5.03. The Morgan fingerprint density at radius 3 is 2.93 bits per heavy atom. The predicted molar refractivity (Wildman–Crippen MR) is 62.5 cm³/mol. The van der Waals surface area contributed by atoms with Crippen LogP contribution in [-0.4, -0.2) is 11.0 Å². The van der Waals surface area contributed by atoms with Crippen molar-refractivity contribution in [3.8, 4) is 0 Å². The molecular formula is C13H20N2. The second-order valence-corrected chi connectivity index (χ2v) is 4.49. The van der Waals surface area contributed by atoms with E-state index in [1.165, 1.54) is 25.7 Å². The third-order valence-corrected chi connectivity index (χ3v) is 3.11. The molecule has 15 heavy (non-hydrogen) atoms. The zero-order valence-electron chi connectivity index (χ0n) is 9.45. The van der Waals surface area contributed by atoms with Crippen molar-refractivity contribution in [1.82, 2.24) is 10.3 Å². The predicted octanol–water partition coefficient (Wildman–Crippen LogP) is 2.75. The highest BCUT2D eigenvalue weighted by Crippen LogP contribution is 2.34. The van der Waals surface area contributed by atoms with Gasteiger partial charge in [0.2, 0.25) is 0 Å². The van der Waals surface area contributed by atoms with Crippen LogP contribution >= 0.6 is 0 Å². The summed E-state index contributed by atoms with van der Waals surface area (Å²) in [5, 5.41) is 3.59. The van der Waals surface area contributed by atoms with Gasteiger partial charge in [0, 0.05) is 18.8 Å². The maximum atomic E-state index is 4.32. The summed E-state index contributed by atoms with van der Waals surface area (Å²) in [6, 6.07) is 6.77. The number of nitrogens with zero attached hydrogens (tertiary/aromatic N) is 1. The maximum absolute atomic E-state index is 4.32. The van der Waals surface area contributed by atoms with Crippen LogP contribution in [0.15, 0.2) is 24.4 Å². The van der Waals surface area contributed by atoms with Crippen molar-refractivity contribution in [2.24, 2.45) is 5.92 Å². The molecule has 1 aliphatic carbocycles. The quantitative estimate of drug-likeness (QED) is 0.770. The van der Waals surface area contributed by atoms with E-state index in [0.29, 0.717) is 6.04 Å². The summed E-state index contributed by atoms with van der Waals surface area (Å²) in [6.07, 6.45) is 7.33. The fourth-order valence-corrected chi connectivity index (χ4v) is 1.90. The standard InChI is InChI=1S/C13H20N2/c1-2-12(9-11-6-7-11)15-10-13-5-3-4-8-14-13/h3-5,8,11-12,15H,2,6-7,9-10H2,1H3. The number of pyridine rings is 1. The average molecular weight is 204 g/mol. The maximum Gasteiger partial charge on any atom is 0.0541 e. The molecule has 0 saturated heterocycles. The molecule has 1 saturated carbocycles. The number of aromatic nitrogens is 1. The Balaban J connectivity index is 1.75. The first kappa shape index (κ1) is 10.6. The van der Waals surface area contributed by atoms with Crippen molar-refractivity contribution in [3.63, 3.8) is 0 Å². The van der Waals surface area contributed by atoms with Crippen LogP contribution in [0.1, 0.15) is 38.3 Å². The van der Waals surface area contributed by atoms with Crippen molar-refractivity contribution in [2.45, 2.75) is 45.2 Å². The first-order valence-corrected chi connectivity index (χ1v) is 6.01. The van der Waals surface area contributed by atoms with Crippen molar-refractivity contribution in [3.05, 3.63) is 30.1 Å². The molecular weight excluding hydrogens is 184 g/mol. The molecule has 0 spiro atoms. The molecule has 82 valence electrons. The first-order valence-electron chi connectivity index (χ1n) is 6.01. The second kappa shape index (κ2) is 5.26. The Labute approximate surface area is 92.1 Å². The fourth-order valence-electron chi connectivity index (χ4n) is 1.90. The molecule has 1 aliphatic rings. The SMILES string of the molecule is CCC(CC1CC1)NCc1ccccn1. The van der Waals surface area contributed by atoms with E-state index >= 15 is 0 Å². The molecule has 2 rings (SSSR count). The van der Waals surface area contributed by atoms with Crippen LogP contribution in [-0.2, 0) is 6.54 Å². The van der Waals surface area contributed by atoms with Crippen molar-refractivity contribution in [1.29, 1.82) is 0 Å². The minimum absolute atomic E-state index is 0.680. The normalized spacial score (nSPS) is 17.7. The van der Waals surface area contributed by atoms with Crippen LogP contribution in [0.4, 0.5) is 0 Å². The summed E-state index contributed by atoms with van der Waals surface area (Å²) in [7, 11) is 0. The number of hydrogen-bond donors (Lipinski definition) is 1. The molecule has 0 aromatic carbocycles. The molecule has 2 heteroatoms. The monoisotopic (exact) mass is 204 g/mol.